The van der Waals surface area contributed by atoms with Gasteiger partial charge in [0.05, 0.1) is 12.5 Å². The predicted molar refractivity (Wildman–Crippen MR) is 134 cm³/mol. The van der Waals surface area contributed by atoms with Crippen molar-refractivity contribution in [2.75, 3.05) is 6.61 Å². The van der Waals surface area contributed by atoms with Crippen molar-refractivity contribution in [2.45, 2.75) is 97.0 Å². The molecule has 0 unspecified atom stereocenters. The van der Waals surface area contributed by atoms with Gasteiger partial charge in [-0.05, 0) is 101 Å². The number of ether oxygens (including phenoxy) is 3. The molecule has 2 aliphatic rings. The zero-order valence-corrected chi connectivity index (χ0v) is 21.0. The normalized spacial score (nSPS) is 25.1. The van der Waals surface area contributed by atoms with Crippen LogP contribution in [0.2, 0.25) is 0 Å². The van der Waals surface area contributed by atoms with Gasteiger partial charge in [-0.25, -0.2) is 4.79 Å². The fourth-order valence-electron chi connectivity index (χ4n) is 5.37. The van der Waals surface area contributed by atoms with E-state index in [1.807, 2.05) is 31.2 Å². The Bertz CT molecular complexity index is 768. The fraction of sp³-hybridized carbons (Fsp3) is 0.655. The standard InChI is InChI=1S/C29H42O5/c1-3-5-6-7-21-32-25-17-19-27(20-18-25)34-29(31)24-11-9-22(10-12-24)23-13-15-26(16-14-23)33-28(30)8-4-2/h4,8,17-20,22-24,26H,3,5-7,9-16,21H2,1-2H3/t22-,23-,24-,26-. The Balaban J connectivity index is 1.34. The minimum atomic E-state index is -0.227. The summed E-state index contributed by atoms with van der Waals surface area (Å²) in [7, 11) is 0. The maximum atomic E-state index is 12.7. The molecular weight excluding hydrogens is 428 g/mol. The van der Waals surface area contributed by atoms with Gasteiger partial charge in [-0.1, -0.05) is 32.3 Å². The first-order valence-corrected chi connectivity index (χ1v) is 13.4. The largest absolute Gasteiger partial charge is 0.494 e. The van der Waals surface area contributed by atoms with Crippen LogP contribution < -0.4 is 9.47 Å². The molecule has 2 saturated carbocycles. The summed E-state index contributed by atoms with van der Waals surface area (Å²) in [5.41, 5.74) is 0. The molecule has 0 amide bonds. The first kappa shape index (κ1) is 26.3. The third-order valence-corrected chi connectivity index (χ3v) is 7.39. The van der Waals surface area contributed by atoms with E-state index < -0.39 is 0 Å². The lowest BCUT2D eigenvalue weighted by molar-refractivity contribution is -0.145. The molecule has 5 heteroatoms. The minimum Gasteiger partial charge on any atom is -0.494 e. The summed E-state index contributed by atoms with van der Waals surface area (Å²) in [6.45, 7) is 4.75. The highest BCUT2D eigenvalue weighted by Gasteiger charge is 2.34. The van der Waals surface area contributed by atoms with Gasteiger partial charge in [0.25, 0.3) is 0 Å². The number of benzene rings is 1. The number of carbonyl (C=O) groups is 2. The molecule has 1 aromatic carbocycles. The van der Waals surface area contributed by atoms with Crippen LogP contribution in [0.5, 0.6) is 11.5 Å². The van der Waals surface area contributed by atoms with Crippen LogP contribution in [0.3, 0.4) is 0 Å². The zero-order chi connectivity index (χ0) is 24.2. The average Bonchev–Trinajstić information content (AvgIpc) is 2.85. The monoisotopic (exact) mass is 470 g/mol. The van der Waals surface area contributed by atoms with Crippen LogP contribution in [0.4, 0.5) is 0 Å². The summed E-state index contributed by atoms with van der Waals surface area (Å²) in [5.74, 6) is 2.43. The first-order chi connectivity index (χ1) is 16.6. The van der Waals surface area contributed by atoms with Gasteiger partial charge in [-0.15, -0.1) is 0 Å². The highest BCUT2D eigenvalue weighted by Crippen LogP contribution is 2.41. The Labute approximate surface area is 205 Å². The molecule has 2 fully saturated rings. The van der Waals surface area contributed by atoms with E-state index in [9.17, 15) is 9.59 Å². The number of carbonyl (C=O) groups excluding carboxylic acids is 2. The van der Waals surface area contributed by atoms with Crippen LogP contribution in [-0.2, 0) is 14.3 Å². The molecule has 0 bridgehead atoms. The van der Waals surface area contributed by atoms with Gasteiger partial charge in [0.2, 0.25) is 0 Å². The maximum absolute atomic E-state index is 12.7. The average molecular weight is 471 g/mol. The van der Waals surface area contributed by atoms with Crippen LogP contribution in [0.25, 0.3) is 0 Å². The quantitative estimate of drug-likeness (QED) is 0.150. The van der Waals surface area contributed by atoms with Crippen molar-refractivity contribution in [1.82, 2.24) is 0 Å². The summed E-state index contributed by atoms with van der Waals surface area (Å²) in [4.78, 5) is 24.4. The number of allylic oxidation sites excluding steroid dienone is 1. The second-order valence-corrected chi connectivity index (χ2v) is 9.89. The van der Waals surface area contributed by atoms with Crippen molar-refractivity contribution >= 4 is 11.9 Å². The molecular formula is C29H42O5. The van der Waals surface area contributed by atoms with Crippen LogP contribution in [-0.4, -0.2) is 24.6 Å². The highest BCUT2D eigenvalue weighted by atomic mass is 16.5. The third-order valence-electron chi connectivity index (χ3n) is 7.39. The predicted octanol–water partition coefficient (Wildman–Crippen LogP) is 7.04. The highest BCUT2D eigenvalue weighted by molar-refractivity contribution is 5.81. The smallest absolute Gasteiger partial charge is 0.330 e. The maximum Gasteiger partial charge on any atom is 0.330 e. The molecule has 0 radical (unpaired) electrons. The zero-order valence-electron chi connectivity index (χ0n) is 21.0. The van der Waals surface area contributed by atoms with E-state index in [0.29, 0.717) is 17.6 Å². The second kappa shape index (κ2) is 14.2. The van der Waals surface area contributed by atoms with Crippen molar-refractivity contribution < 1.29 is 23.8 Å². The Morgan fingerprint density at radius 1 is 0.853 bits per heavy atom. The lowest BCUT2D eigenvalue weighted by atomic mass is 9.70. The molecule has 0 atom stereocenters. The van der Waals surface area contributed by atoms with E-state index in [-0.39, 0.29) is 24.0 Å². The third kappa shape index (κ3) is 8.48. The molecule has 0 spiro atoms. The Hall–Kier alpha value is -2.30. The summed E-state index contributed by atoms with van der Waals surface area (Å²) < 4.78 is 17.0. The van der Waals surface area contributed by atoms with Crippen LogP contribution in [0.15, 0.2) is 36.4 Å². The lowest BCUT2D eigenvalue weighted by Gasteiger charge is -2.37. The summed E-state index contributed by atoms with van der Waals surface area (Å²) in [6, 6.07) is 7.41. The number of unbranched alkanes of at least 4 members (excludes halogenated alkanes) is 3. The SMILES string of the molecule is CC=CC(=O)O[C@H]1CC[C@H]([C@H]2CC[C@H](C(=O)Oc3ccc(OCCCCCC)cc3)CC2)CC1. The van der Waals surface area contributed by atoms with Crippen molar-refractivity contribution in [2.24, 2.45) is 17.8 Å². The molecule has 3 rings (SSSR count). The number of hydrogen-bond acceptors (Lipinski definition) is 5. The lowest BCUT2D eigenvalue weighted by Crippen LogP contribution is -2.31. The molecule has 188 valence electrons. The molecule has 0 aromatic heterocycles. The number of rotatable bonds is 11. The van der Waals surface area contributed by atoms with E-state index in [1.54, 1.807) is 6.08 Å². The van der Waals surface area contributed by atoms with Crippen molar-refractivity contribution in [3.63, 3.8) is 0 Å². The molecule has 0 N–H and O–H groups in total. The fourth-order valence-corrected chi connectivity index (χ4v) is 5.37. The second-order valence-electron chi connectivity index (χ2n) is 9.89. The van der Waals surface area contributed by atoms with E-state index in [2.05, 4.69) is 6.92 Å². The molecule has 34 heavy (non-hydrogen) atoms. The molecule has 0 saturated heterocycles. The van der Waals surface area contributed by atoms with Gasteiger partial charge in [0, 0.05) is 6.08 Å². The van der Waals surface area contributed by atoms with E-state index in [0.717, 1.165) is 70.1 Å². The Kier molecular flexibility index (Phi) is 11.0. The van der Waals surface area contributed by atoms with Crippen molar-refractivity contribution in [3.8, 4) is 11.5 Å². The number of esters is 2. The van der Waals surface area contributed by atoms with E-state index in [1.165, 1.54) is 25.3 Å². The van der Waals surface area contributed by atoms with Gasteiger partial charge < -0.3 is 14.2 Å². The summed E-state index contributed by atoms with van der Waals surface area (Å²) in [6.07, 6.45) is 16.1. The van der Waals surface area contributed by atoms with Crippen LogP contribution in [0, 0.1) is 17.8 Å². The molecule has 0 heterocycles. The Morgan fingerprint density at radius 2 is 1.47 bits per heavy atom. The van der Waals surface area contributed by atoms with Gasteiger partial charge in [0.15, 0.2) is 0 Å². The molecule has 5 nitrogen and oxygen atoms in total. The topological polar surface area (TPSA) is 61.8 Å². The van der Waals surface area contributed by atoms with Crippen LogP contribution >= 0.6 is 0 Å². The molecule has 2 aliphatic carbocycles. The van der Waals surface area contributed by atoms with Gasteiger partial charge in [-0.2, -0.15) is 0 Å². The van der Waals surface area contributed by atoms with E-state index in [4.69, 9.17) is 14.2 Å². The summed E-state index contributed by atoms with van der Waals surface area (Å²) in [5, 5.41) is 0. The van der Waals surface area contributed by atoms with Gasteiger partial charge in [-0.3, -0.25) is 4.79 Å². The van der Waals surface area contributed by atoms with Gasteiger partial charge >= 0.3 is 11.9 Å². The van der Waals surface area contributed by atoms with E-state index >= 15 is 0 Å². The minimum absolute atomic E-state index is 0.0103. The van der Waals surface area contributed by atoms with Crippen LogP contribution in [0.1, 0.15) is 90.9 Å². The van der Waals surface area contributed by atoms with Crippen molar-refractivity contribution in [1.29, 1.82) is 0 Å². The summed E-state index contributed by atoms with van der Waals surface area (Å²) >= 11 is 0. The molecule has 0 aliphatic heterocycles. The van der Waals surface area contributed by atoms with Gasteiger partial charge in [0.1, 0.15) is 17.6 Å². The van der Waals surface area contributed by atoms with Crippen molar-refractivity contribution in [3.05, 3.63) is 36.4 Å². The first-order valence-electron chi connectivity index (χ1n) is 13.4. The number of hydrogen-bond donors (Lipinski definition) is 0. The molecule has 1 aromatic rings. The Morgan fingerprint density at radius 3 is 2.09 bits per heavy atom.